The third-order valence-corrected chi connectivity index (χ3v) is 11.4. The third-order valence-electron chi connectivity index (χ3n) is 7.54. The van der Waals surface area contributed by atoms with Gasteiger partial charge in [0, 0.05) is 30.3 Å². The molecule has 11 nitrogen and oxygen atoms in total. The SMILES string of the molecule is O=C(O[C@@H](Cc1c(Cl)c[nH+]cc1Cl)c1ccc(OC(F)F)c(OCC2CC2)c1)[C@@H]1SCCN1S(=O)(=O)c1ccc2c(c1)OCCO2.[OH-]. The molecule has 2 aliphatic heterocycles. The molecular weight excluding hydrogens is 705 g/mol. The van der Waals surface area contributed by atoms with Crippen molar-refractivity contribution in [3.63, 3.8) is 0 Å². The number of pyridine rings is 1. The predicted octanol–water partition coefficient (Wildman–Crippen LogP) is 5.38. The maximum atomic E-state index is 13.8. The monoisotopic (exact) mass is 734 g/mol. The summed E-state index contributed by atoms with van der Waals surface area (Å²) < 4.78 is 82.5. The number of alkyl halides is 2. The van der Waals surface area contributed by atoms with Gasteiger partial charge in [0.1, 0.15) is 29.4 Å². The lowest BCUT2D eigenvalue weighted by Crippen LogP contribution is -2.40. The molecular formula is C30H30Cl2F2N2O9S2. The Bertz CT molecular complexity index is 1700. The number of sulfonamides is 1. The summed E-state index contributed by atoms with van der Waals surface area (Å²) in [5.41, 5.74) is 0.832. The first-order valence-electron chi connectivity index (χ1n) is 14.4. The Kier molecular flexibility index (Phi) is 11.2. The van der Waals surface area contributed by atoms with E-state index < -0.39 is 34.1 Å². The first-order valence-corrected chi connectivity index (χ1v) is 17.6. The number of benzene rings is 2. The molecule has 1 aromatic heterocycles. The highest BCUT2D eigenvalue weighted by molar-refractivity contribution is 8.02. The van der Waals surface area contributed by atoms with Gasteiger partial charge in [-0.05, 0) is 48.6 Å². The molecule has 254 valence electrons. The van der Waals surface area contributed by atoms with Crippen molar-refractivity contribution >= 4 is 51.0 Å². The fourth-order valence-electron chi connectivity index (χ4n) is 5.01. The molecule has 3 aromatic rings. The van der Waals surface area contributed by atoms with Gasteiger partial charge < -0.3 is 29.2 Å². The zero-order valence-electron chi connectivity index (χ0n) is 24.6. The number of thioether (sulfide) groups is 1. The van der Waals surface area contributed by atoms with Crippen LogP contribution in [-0.4, -0.2) is 68.3 Å². The first-order chi connectivity index (χ1) is 22.1. The summed E-state index contributed by atoms with van der Waals surface area (Å²) >= 11 is 14.0. The molecule has 1 saturated carbocycles. The number of nitrogens with zero attached hydrogens (tertiary/aromatic N) is 1. The van der Waals surface area contributed by atoms with Gasteiger partial charge in [-0.15, -0.1) is 11.8 Å². The number of halogens is 4. The summed E-state index contributed by atoms with van der Waals surface area (Å²) in [4.78, 5) is 16.6. The van der Waals surface area contributed by atoms with Crippen molar-refractivity contribution in [1.29, 1.82) is 0 Å². The van der Waals surface area contributed by atoms with E-state index in [2.05, 4.69) is 9.72 Å². The fraction of sp³-hybridized carbons (Fsp3) is 0.400. The molecule has 3 heterocycles. The van der Waals surface area contributed by atoms with Crippen LogP contribution < -0.4 is 23.9 Å². The van der Waals surface area contributed by atoms with Crippen molar-refractivity contribution in [3.8, 4) is 23.0 Å². The van der Waals surface area contributed by atoms with Crippen molar-refractivity contribution < 1.29 is 56.1 Å². The molecule has 2 aromatic carbocycles. The molecule has 17 heteroatoms. The van der Waals surface area contributed by atoms with Crippen LogP contribution in [0.1, 0.15) is 30.1 Å². The van der Waals surface area contributed by atoms with Crippen LogP contribution in [0.25, 0.3) is 0 Å². The predicted molar refractivity (Wildman–Crippen MR) is 166 cm³/mol. The zero-order chi connectivity index (χ0) is 32.4. The van der Waals surface area contributed by atoms with Crippen LogP contribution in [0.4, 0.5) is 8.78 Å². The summed E-state index contributed by atoms with van der Waals surface area (Å²) in [7, 11) is -4.15. The average molecular weight is 736 g/mol. The van der Waals surface area contributed by atoms with Crippen LogP contribution >= 0.6 is 35.0 Å². The molecule has 6 rings (SSSR count). The second-order valence-electron chi connectivity index (χ2n) is 10.7. The Balaban J connectivity index is 0.00000433. The Morgan fingerprint density at radius 1 is 1.04 bits per heavy atom. The number of nitrogens with one attached hydrogen (secondary N) is 1. The van der Waals surface area contributed by atoms with Crippen molar-refractivity contribution in [2.75, 3.05) is 32.1 Å². The highest BCUT2D eigenvalue weighted by Gasteiger charge is 2.42. The number of fused-ring (bicyclic) bond motifs is 1. The van der Waals surface area contributed by atoms with E-state index in [-0.39, 0.29) is 51.5 Å². The van der Waals surface area contributed by atoms with Crippen molar-refractivity contribution in [2.45, 2.75) is 42.2 Å². The molecule has 2 fully saturated rings. The molecule has 0 spiro atoms. The summed E-state index contributed by atoms with van der Waals surface area (Å²) in [5.74, 6) is 0.458. The number of carbonyl (C=O) groups excluding carboxylic acids is 1. The molecule has 2 N–H and O–H groups in total. The highest BCUT2D eigenvalue weighted by atomic mass is 35.5. The third kappa shape index (κ3) is 8.15. The quantitative estimate of drug-likeness (QED) is 0.222. The van der Waals surface area contributed by atoms with Crippen LogP contribution in [0.15, 0.2) is 53.7 Å². The Morgan fingerprint density at radius 2 is 1.77 bits per heavy atom. The molecule has 0 amide bonds. The van der Waals surface area contributed by atoms with E-state index in [4.69, 9.17) is 42.1 Å². The molecule has 1 aliphatic carbocycles. The summed E-state index contributed by atoms with van der Waals surface area (Å²) in [6, 6.07) is 8.56. The van der Waals surface area contributed by atoms with E-state index in [1.807, 2.05) is 0 Å². The molecule has 3 aliphatic rings. The van der Waals surface area contributed by atoms with Crippen molar-refractivity contribution in [1.82, 2.24) is 4.31 Å². The number of esters is 1. The lowest BCUT2D eigenvalue weighted by molar-refractivity contribution is -0.377. The van der Waals surface area contributed by atoms with Crippen LogP contribution in [0.2, 0.25) is 10.0 Å². The van der Waals surface area contributed by atoms with Gasteiger partial charge in [-0.2, -0.15) is 13.1 Å². The molecule has 0 radical (unpaired) electrons. The van der Waals surface area contributed by atoms with E-state index in [1.54, 1.807) is 0 Å². The minimum Gasteiger partial charge on any atom is -0.870 e. The number of ether oxygens (including phenoxy) is 5. The van der Waals surface area contributed by atoms with Crippen LogP contribution in [0.3, 0.4) is 0 Å². The highest BCUT2D eigenvalue weighted by Crippen LogP contribution is 2.40. The topological polar surface area (TPSA) is 145 Å². The van der Waals surface area contributed by atoms with E-state index in [0.29, 0.717) is 47.5 Å². The zero-order valence-corrected chi connectivity index (χ0v) is 27.7. The largest absolute Gasteiger partial charge is 0.870 e. The Hall–Kier alpha value is -3.08. The van der Waals surface area contributed by atoms with E-state index >= 15 is 0 Å². The lowest BCUT2D eigenvalue weighted by Gasteiger charge is -2.26. The van der Waals surface area contributed by atoms with Gasteiger partial charge in [0.05, 0.1) is 11.5 Å². The van der Waals surface area contributed by atoms with Crippen molar-refractivity contribution in [2.24, 2.45) is 5.92 Å². The number of aromatic nitrogens is 1. The van der Waals surface area contributed by atoms with Crippen LogP contribution in [0, 0.1) is 5.92 Å². The van der Waals surface area contributed by atoms with E-state index in [9.17, 15) is 22.0 Å². The molecule has 2 atom stereocenters. The first kappa shape index (κ1) is 35.2. The van der Waals surface area contributed by atoms with Gasteiger partial charge in [0.25, 0.3) is 0 Å². The Morgan fingerprint density at radius 3 is 2.47 bits per heavy atom. The van der Waals surface area contributed by atoms with E-state index in [0.717, 1.165) is 28.9 Å². The maximum absolute atomic E-state index is 13.8. The van der Waals surface area contributed by atoms with Crippen LogP contribution in [0.5, 0.6) is 23.0 Å². The summed E-state index contributed by atoms with van der Waals surface area (Å²) in [6.07, 6.45) is 3.89. The number of carbonyl (C=O) groups is 1. The fourth-order valence-corrected chi connectivity index (χ4v) is 8.61. The van der Waals surface area contributed by atoms with Gasteiger partial charge in [-0.3, -0.25) is 0 Å². The average Bonchev–Trinajstić information content (AvgIpc) is 3.73. The van der Waals surface area contributed by atoms with E-state index in [1.165, 1.54) is 48.8 Å². The van der Waals surface area contributed by atoms with Gasteiger partial charge in [-0.1, -0.05) is 29.3 Å². The minimum absolute atomic E-state index is 0. The van der Waals surface area contributed by atoms with Gasteiger partial charge >= 0.3 is 12.6 Å². The van der Waals surface area contributed by atoms with Gasteiger partial charge in [0.2, 0.25) is 10.0 Å². The Labute approximate surface area is 283 Å². The summed E-state index contributed by atoms with van der Waals surface area (Å²) in [6.45, 7) is -2.07. The molecule has 1 saturated heterocycles. The number of aromatic amines is 1. The van der Waals surface area contributed by atoms with Crippen LogP contribution in [-0.2, 0) is 26.0 Å². The molecule has 0 bridgehead atoms. The summed E-state index contributed by atoms with van der Waals surface area (Å²) in [5, 5.41) is -0.660. The second kappa shape index (κ2) is 15.0. The number of H-pyrrole nitrogens is 1. The maximum Gasteiger partial charge on any atom is 0.387 e. The smallest absolute Gasteiger partial charge is 0.387 e. The lowest BCUT2D eigenvalue weighted by atomic mass is 10.0. The number of hydrogen-bond donors (Lipinski definition) is 0. The van der Waals surface area contributed by atoms with Gasteiger partial charge in [-0.25, -0.2) is 18.2 Å². The standard InChI is InChI=1S/C30H28Cl2F2N2O8S2.H2O/c31-21-14-35-15-22(32)20(21)13-25(18-3-5-24(44-30(33)34)26(11-18)42-16-17-1-2-17)43-29(37)28-36(7-10-45-28)46(38,39)19-4-6-23-27(12-19)41-9-8-40-23;/h3-6,11-12,14-15,17,25,28,30H,1-2,7-10,13,16H2;1H2/t25-,28-;/m0./s1. The van der Waals surface area contributed by atoms with Crippen molar-refractivity contribution in [3.05, 3.63) is 70.0 Å². The van der Waals surface area contributed by atoms with Gasteiger partial charge in [0.15, 0.2) is 40.8 Å². The molecule has 47 heavy (non-hydrogen) atoms. The number of rotatable bonds is 12. The second-order valence-corrected chi connectivity index (χ2v) is 14.6. The minimum atomic E-state index is -4.15. The molecule has 0 unspecified atom stereocenters. The number of hydrogen-bond acceptors (Lipinski definition) is 10. The normalized spacial score (nSPS) is 18.4.